The lowest BCUT2D eigenvalue weighted by molar-refractivity contribution is -0.115. The molecule has 5 heteroatoms. The number of ether oxygens (including phenoxy) is 1. The molecule has 0 aliphatic rings. The second-order valence-electron chi connectivity index (χ2n) is 4.24. The number of unbranched alkanes of at least 4 members (excludes halogenated alkanes) is 1. The molecule has 0 bridgehead atoms. The average molecular weight is 256 g/mol. The molecule has 0 heterocycles. The number of alkyl carbamates (subject to hydrolysis) is 1. The van der Waals surface area contributed by atoms with Gasteiger partial charge in [0.1, 0.15) is 0 Å². The van der Waals surface area contributed by atoms with E-state index < -0.39 is 6.09 Å². The lowest BCUT2D eigenvalue weighted by atomic mass is 10.1. The van der Waals surface area contributed by atoms with Crippen LogP contribution in [0.5, 0.6) is 0 Å². The summed E-state index contributed by atoms with van der Waals surface area (Å²) in [6.07, 6.45) is 3.50. The highest BCUT2D eigenvalue weighted by molar-refractivity contribution is 5.95. The molecular weight excluding hydrogens is 232 g/mol. The van der Waals surface area contributed by atoms with Crippen LogP contribution in [0, 0.1) is 0 Å². The summed E-state index contributed by atoms with van der Waals surface area (Å²) in [5, 5.41) is 2.59. The monoisotopic (exact) mass is 256 g/mol. The highest BCUT2D eigenvalue weighted by Crippen LogP contribution is 2.00. The fourth-order valence-electron chi connectivity index (χ4n) is 1.28. The zero-order valence-corrected chi connectivity index (χ0v) is 11.8. The summed E-state index contributed by atoms with van der Waals surface area (Å²) in [5.41, 5.74) is 0.579. The molecular formula is C13H24N2O3. The van der Waals surface area contributed by atoms with Crippen LogP contribution in [0.15, 0.2) is 11.8 Å². The van der Waals surface area contributed by atoms with E-state index in [0.717, 1.165) is 12.8 Å². The van der Waals surface area contributed by atoms with Crippen LogP contribution >= 0.6 is 0 Å². The van der Waals surface area contributed by atoms with Gasteiger partial charge in [-0.1, -0.05) is 20.3 Å². The van der Waals surface area contributed by atoms with Crippen molar-refractivity contribution in [2.45, 2.75) is 33.1 Å². The lowest BCUT2D eigenvalue weighted by Crippen LogP contribution is -2.29. The van der Waals surface area contributed by atoms with Crippen LogP contribution < -0.4 is 5.32 Å². The zero-order chi connectivity index (χ0) is 14.0. The first-order valence-corrected chi connectivity index (χ1v) is 6.32. The van der Waals surface area contributed by atoms with Crippen LogP contribution in [0.1, 0.15) is 33.1 Å². The smallest absolute Gasteiger partial charge is 0.407 e. The van der Waals surface area contributed by atoms with E-state index in [9.17, 15) is 9.59 Å². The Morgan fingerprint density at radius 1 is 1.28 bits per heavy atom. The Morgan fingerprint density at radius 3 is 2.44 bits per heavy atom. The summed E-state index contributed by atoms with van der Waals surface area (Å²) in [5.74, 6) is 0.0255. The molecule has 0 saturated carbocycles. The fourth-order valence-corrected chi connectivity index (χ4v) is 1.28. The quantitative estimate of drug-likeness (QED) is 0.532. The van der Waals surface area contributed by atoms with Crippen LogP contribution in [0.25, 0.3) is 0 Å². The number of ketones is 1. The van der Waals surface area contributed by atoms with Crippen LogP contribution in [0.3, 0.4) is 0 Å². The molecule has 0 aromatic carbocycles. The third kappa shape index (κ3) is 7.70. The maximum Gasteiger partial charge on any atom is 0.407 e. The molecule has 0 saturated heterocycles. The van der Waals surface area contributed by atoms with E-state index in [2.05, 4.69) is 5.32 Å². The maximum atomic E-state index is 11.6. The van der Waals surface area contributed by atoms with Gasteiger partial charge in [0.15, 0.2) is 5.78 Å². The van der Waals surface area contributed by atoms with E-state index in [4.69, 9.17) is 4.74 Å². The van der Waals surface area contributed by atoms with Crippen molar-refractivity contribution < 1.29 is 14.3 Å². The Labute approximate surface area is 109 Å². The number of nitrogens with one attached hydrogen (secondary N) is 1. The van der Waals surface area contributed by atoms with Crippen molar-refractivity contribution in [1.29, 1.82) is 0 Å². The van der Waals surface area contributed by atoms with Crippen LogP contribution in [-0.4, -0.2) is 44.0 Å². The van der Waals surface area contributed by atoms with E-state index in [-0.39, 0.29) is 12.3 Å². The minimum atomic E-state index is -0.475. The molecule has 1 amide bonds. The highest BCUT2D eigenvalue weighted by Gasteiger charge is 2.10. The summed E-state index contributed by atoms with van der Waals surface area (Å²) in [7, 11) is 3.67. The Kier molecular flexibility index (Phi) is 8.70. The first kappa shape index (κ1) is 16.5. The number of hydrogen-bond acceptors (Lipinski definition) is 4. The molecule has 0 aliphatic heterocycles. The average Bonchev–Trinajstić information content (AvgIpc) is 2.33. The largest absolute Gasteiger partial charge is 0.450 e. The SMILES string of the molecule is CCCCOC(=O)NC/C(=C/N(C)C)C(=O)CC. The van der Waals surface area contributed by atoms with Crippen molar-refractivity contribution in [3.05, 3.63) is 11.8 Å². The van der Waals surface area contributed by atoms with Gasteiger partial charge >= 0.3 is 6.09 Å². The molecule has 0 aromatic rings. The molecule has 104 valence electrons. The summed E-state index contributed by atoms with van der Waals surface area (Å²) in [6.45, 7) is 4.44. The van der Waals surface area contributed by atoms with Gasteiger partial charge in [-0.25, -0.2) is 4.79 Å². The molecule has 18 heavy (non-hydrogen) atoms. The normalized spacial score (nSPS) is 11.0. The van der Waals surface area contributed by atoms with Crippen molar-refractivity contribution >= 4 is 11.9 Å². The maximum absolute atomic E-state index is 11.6. The van der Waals surface area contributed by atoms with Gasteiger partial charge in [-0.2, -0.15) is 0 Å². The second-order valence-corrected chi connectivity index (χ2v) is 4.24. The van der Waals surface area contributed by atoms with E-state index in [0.29, 0.717) is 18.6 Å². The van der Waals surface area contributed by atoms with Gasteiger partial charge in [0.25, 0.3) is 0 Å². The minimum Gasteiger partial charge on any atom is -0.450 e. The predicted molar refractivity (Wildman–Crippen MR) is 71.3 cm³/mol. The van der Waals surface area contributed by atoms with Crippen LogP contribution in [-0.2, 0) is 9.53 Å². The molecule has 0 unspecified atom stereocenters. The third-order valence-corrected chi connectivity index (χ3v) is 2.25. The Balaban J connectivity index is 4.19. The first-order chi connectivity index (χ1) is 8.51. The highest BCUT2D eigenvalue weighted by atomic mass is 16.5. The Hall–Kier alpha value is -1.52. The van der Waals surface area contributed by atoms with E-state index in [1.165, 1.54) is 0 Å². The molecule has 5 nitrogen and oxygen atoms in total. The molecule has 0 fully saturated rings. The van der Waals surface area contributed by atoms with Gasteiger partial charge < -0.3 is 15.0 Å². The number of rotatable bonds is 8. The van der Waals surface area contributed by atoms with Crippen molar-refractivity contribution in [2.75, 3.05) is 27.2 Å². The van der Waals surface area contributed by atoms with Crippen molar-refractivity contribution in [3.63, 3.8) is 0 Å². The lowest BCUT2D eigenvalue weighted by Gasteiger charge is -2.12. The molecule has 0 spiro atoms. The van der Waals surface area contributed by atoms with Gasteiger partial charge in [-0.3, -0.25) is 4.79 Å². The Morgan fingerprint density at radius 2 is 1.94 bits per heavy atom. The van der Waals surface area contributed by atoms with E-state index in [1.807, 2.05) is 21.0 Å². The minimum absolute atomic E-state index is 0.0255. The number of hydrogen-bond donors (Lipinski definition) is 1. The second kappa shape index (κ2) is 9.50. The predicted octanol–water partition coefficient (Wildman–Crippen LogP) is 1.94. The molecule has 0 aromatic heterocycles. The standard InChI is InChI=1S/C13H24N2O3/c1-5-7-8-18-13(17)14-9-11(10-15(3)4)12(16)6-2/h10H,5-9H2,1-4H3,(H,14,17)/b11-10-. The van der Waals surface area contributed by atoms with Gasteiger partial charge in [-0.15, -0.1) is 0 Å². The molecule has 1 N–H and O–H groups in total. The van der Waals surface area contributed by atoms with Gasteiger partial charge in [0.2, 0.25) is 0 Å². The van der Waals surface area contributed by atoms with E-state index >= 15 is 0 Å². The molecule has 0 atom stereocenters. The number of carbonyl (C=O) groups excluding carboxylic acids is 2. The third-order valence-electron chi connectivity index (χ3n) is 2.25. The number of amides is 1. The van der Waals surface area contributed by atoms with Gasteiger partial charge in [0, 0.05) is 32.3 Å². The summed E-state index contributed by atoms with van der Waals surface area (Å²) in [6, 6.07) is 0. The first-order valence-electron chi connectivity index (χ1n) is 6.32. The van der Waals surface area contributed by atoms with Crippen LogP contribution in [0.4, 0.5) is 4.79 Å². The number of Topliss-reactive ketones (excluding diaryl/α,β-unsaturated/α-hetero) is 1. The summed E-state index contributed by atoms with van der Waals surface area (Å²) >= 11 is 0. The number of carbonyl (C=O) groups is 2. The zero-order valence-electron chi connectivity index (χ0n) is 11.8. The molecule has 0 rings (SSSR count). The van der Waals surface area contributed by atoms with E-state index in [1.54, 1.807) is 18.0 Å². The fraction of sp³-hybridized carbons (Fsp3) is 0.692. The molecule has 0 radical (unpaired) electrons. The van der Waals surface area contributed by atoms with Gasteiger partial charge in [0.05, 0.1) is 13.2 Å². The topological polar surface area (TPSA) is 58.6 Å². The summed E-state index contributed by atoms with van der Waals surface area (Å²) < 4.78 is 4.95. The van der Waals surface area contributed by atoms with Gasteiger partial charge in [-0.05, 0) is 6.42 Å². The summed E-state index contributed by atoms with van der Waals surface area (Å²) in [4.78, 5) is 24.8. The van der Waals surface area contributed by atoms with Crippen molar-refractivity contribution in [3.8, 4) is 0 Å². The van der Waals surface area contributed by atoms with Crippen molar-refractivity contribution in [1.82, 2.24) is 10.2 Å². The Bertz CT molecular complexity index is 299. The molecule has 0 aliphatic carbocycles. The van der Waals surface area contributed by atoms with Crippen molar-refractivity contribution in [2.24, 2.45) is 0 Å². The number of nitrogens with zero attached hydrogens (tertiary/aromatic N) is 1. The van der Waals surface area contributed by atoms with Crippen LogP contribution in [0.2, 0.25) is 0 Å².